The summed E-state index contributed by atoms with van der Waals surface area (Å²) >= 11 is 0. The Bertz CT molecular complexity index is 170. The maximum absolute atomic E-state index is 11.8. The lowest BCUT2D eigenvalue weighted by Crippen LogP contribution is -2.41. The van der Waals surface area contributed by atoms with Crippen LogP contribution in [-0.4, -0.2) is 5.78 Å². The first kappa shape index (κ1) is 8.76. The van der Waals surface area contributed by atoms with Crippen molar-refractivity contribution >= 4 is 5.78 Å². The number of carbonyl (C=O) groups is 1. The van der Waals surface area contributed by atoms with E-state index in [0.717, 1.165) is 12.8 Å². The minimum absolute atomic E-state index is 0.0260. The number of rotatable bonds is 1. The van der Waals surface area contributed by atoms with Gasteiger partial charge in [0.05, 0.1) is 0 Å². The van der Waals surface area contributed by atoms with Gasteiger partial charge in [-0.1, -0.05) is 34.1 Å². The summed E-state index contributed by atoms with van der Waals surface area (Å²) in [4.78, 5) is 11.8. The molecule has 0 aromatic rings. The Labute approximate surface area is 69.2 Å². The molecule has 1 aliphatic carbocycles. The van der Waals surface area contributed by atoms with Crippen LogP contribution < -0.4 is 0 Å². The molecule has 0 spiro atoms. The zero-order valence-corrected chi connectivity index (χ0v) is 8.03. The molecule has 64 valence electrons. The van der Waals surface area contributed by atoms with Crippen LogP contribution in [0.25, 0.3) is 0 Å². The van der Waals surface area contributed by atoms with Gasteiger partial charge in [0.2, 0.25) is 0 Å². The lowest BCUT2D eigenvalue weighted by Gasteiger charge is -2.41. The summed E-state index contributed by atoms with van der Waals surface area (Å²) in [5, 5.41) is 0. The summed E-state index contributed by atoms with van der Waals surface area (Å²) < 4.78 is 0. The fourth-order valence-electron chi connectivity index (χ4n) is 1.84. The molecule has 1 rings (SSSR count). The van der Waals surface area contributed by atoms with Gasteiger partial charge in [-0.2, -0.15) is 0 Å². The quantitative estimate of drug-likeness (QED) is 0.567. The molecule has 0 aliphatic heterocycles. The number of hydrogen-bond acceptors (Lipinski definition) is 1. The second kappa shape index (κ2) is 2.33. The monoisotopic (exact) mass is 154 g/mol. The van der Waals surface area contributed by atoms with Crippen molar-refractivity contribution in [3.63, 3.8) is 0 Å². The van der Waals surface area contributed by atoms with Crippen LogP contribution in [0.5, 0.6) is 0 Å². The molecule has 0 radical (unpaired) electrons. The fraction of sp³-hybridized carbons (Fsp3) is 0.900. The predicted molar refractivity (Wildman–Crippen MR) is 46.4 cm³/mol. The molecule has 0 aromatic carbocycles. The first-order chi connectivity index (χ1) is 4.86. The summed E-state index contributed by atoms with van der Waals surface area (Å²) in [6.45, 7) is 8.14. The minimum Gasteiger partial charge on any atom is -0.299 e. The molecule has 0 amide bonds. The van der Waals surface area contributed by atoms with Gasteiger partial charge in [-0.05, 0) is 12.8 Å². The van der Waals surface area contributed by atoms with Gasteiger partial charge in [-0.3, -0.25) is 4.79 Å². The van der Waals surface area contributed by atoms with Gasteiger partial charge < -0.3 is 0 Å². The van der Waals surface area contributed by atoms with E-state index in [1.807, 2.05) is 20.8 Å². The lowest BCUT2D eigenvalue weighted by atomic mass is 9.62. The molecule has 1 nitrogen and oxygen atoms in total. The highest BCUT2D eigenvalue weighted by Crippen LogP contribution is 2.45. The van der Waals surface area contributed by atoms with Gasteiger partial charge >= 0.3 is 0 Å². The predicted octanol–water partition coefficient (Wildman–Crippen LogP) is 2.79. The molecule has 1 aliphatic rings. The molecule has 0 saturated heterocycles. The van der Waals surface area contributed by atoms with Crippen LogP contribution in [0, 0.1) is 10.8 Å². The zero-order chi connectivity index (χ0) is 8.70. The Kier molecular flexibility index (Phi) is 1.85. The molecule has 0 heterocycles. The third-order valence-corrected chi connectivity index (χ3v) is 2.69. The number of Topliss-reactive ketones (excluding diaryl/α,β-unsaturated/α-hetero) is 1. The average molecular weight is 154 g/mol. The van der Waals surface area contributed by atoms with Gasteiger partial charge in [-0.15, -0.1) is 0 Å². The van der Waals surface area contributed by atoms with E-state index in [9.17, 15) is 4.79 Å². The van der Waals surface area contributed by atoms with E-state index < -0.39 is 0 Å². The summed E-state index contributed by atoms with van der Waals surface area (Å²) in [6, 6.07) is 0. The third-order valence-electron chi connectivity index (χ3n) is 2.69. The fourth-order valence-corrected chi connectivity index (χ4v) is 1.84. The van der Waals surface area contributed by atoms with Crippen molar-refractivity contribution in [1.29, 1.82) is 0 Å². The first-order valence-corrected chi connectivity index (χ1v) is 4.41. The molecule has 1 fully saturated rings. The van der Waals surface area contributed by atoms with E-state index in [1.54, 1.807) is 0 Å². The largest absolute Gasteiger partial charge is 0.299 e. The second-order valence-corrected chi connectivity index (χ2v) is 4.99. The maximum atomic E-state index is 11.8. The molecule has 0 bridgehead atoms. The lowest BCUT2D eigenvalue weighted by molar-refractivity contribution is -0.140. The molecular weight excluding hydrogens is 136 g/mol. The van der Waals surface area contributed by atoms with Gasteiger partial charge in [0.25, 0.3) is 0 Å². The van der Waals surface area contributed by atoms with Gasteiger partial charge in [0.1, 0.15) is 5.78 Å². The van der Waals surface area contributed by atoms with Crippen molar-refractivity contribution < 1.29 is 4.79 Å². The second-order valence-electron chi connectivity index (χ2n) is 4.99. The van der Waals surface area contributed by atoms with Crippen LogP contribution >= 0.6 is 0 Å². The Morgan fingerprint density at radius 2 is 1.73 bits per heavy atom. The Morgan fingerprint density at radius 1 is 1.27 bits per heavy atom. The minimum atomic E-state index is -0.144. The van der Waals surface area contributed by atoms with Crippen molar-refractivity contribution in [2.75, 3.05) is 0 Å². The first-order valence-electron chi connectivity index (χ1n) is 4.41. The average Bonchev–Trinajstić information content (AvgIpc) is 1.79. The highest BCUT2D eigenvalue weighted by Gasteiger charge is 2.43. The molecule has 1 heteroatoms. The topological polar surface area (TPSA) is 17.1 Å². The molecule has 0 unspecified atom stereocenters. The van der Waals surface area contributed by atoms with Crippen LogP contribution in [0.3, 0.4) is 0 Å². The van der Waals surface area contributed by atoms with Crippen molar-refractivity contribution in [2.45, 2.75) is 47.0 Å². The van der Waals surface area contributed by atoms with E-state index in [4.69, 9.17) is 0 Å². The van der Waals surface area contributed by atoms with Crippen LogP contribution in [0.15, 0.2) is 0 Å². The Hall–Kier alpha value is -0.330. The van der Waals surface area contributed by atoms with Gasteiger partial charge in [0, 0.05) is 10.8 Å². The summed E-state index contributed by atoms with van der Waals surface area (Å²) in [7, 11) is 0. The van der Waals surface area contributed by atoms with Crippen LogP contribution in [-0.2, 0) is 4.79 Å². The molecule has 1 saturated carbocycles. The number of carbonyl (C=O) groups excluding carboxylic acids is 1. The normalized spacial score (nSPS) is 22.5. The van der Waals surface area contributed by atoms with Gasteiger partial charge in [0.15, 0.2) is 0 Å². The van der Waals surface area contributed by atoms with Crippen LogP contribution in [0.1, 0.15) is 47.0 Å². The molecular formula is C10H18O. The molecule has 0 aromatic heterocycles. The Balaban J connectivity index is 2.68. The van der Waals surface area contributed by atoms with Crippen LogP contribution in [0.2, 0.25) is 0 Å². The van der Waals surface area contributed by atoms with E-state index in [1.165, 1.54) is 6.42 Å². The van der Waals surface area contributed by atoms with Crippen LogP contribution in [0.4, 0.5) is 0 Å². The molecule has 0 N–H and O–H groups in total. The molecule has 0 atom stereocenters. The van der Waals surface area contributed by atoms with E-state index in [0.29, 0.717) is 5.78 Å². The zero-order valence-electron chi connectivity index (χ0n) is 8.03. The summed E-state index contributed by atoms with van der Waals surface area (Å²) in [5.41, 5.74) is -0.118. The molecule has 11 heavy (non-hydrogen) atoms. The van der Waals surface area contributed by atoms with Gasteiger partial charge in [-0.25, -0.2) is 0 Å². The summed E-state index contributed by atoms with van der Waals surface area (Å²) in [6.07, 6.45) is 3.44. The van der Waals surface area contributed by atoms with E-state index >= 15 is 0 Å². The van der Waals surface area contributed by atoms with Crippen molar-refractivity contribution in [2.24, 2.45) is 10.8 Å². The smallest absolute Gasteiger partial charge is 0.144 e. The van der Waals surface area contributed by atoms with E-state index in [2.05, 4.69) is 6.92 Å². The standard InChI is InChI=1S/C10H18O/c1-9(2,3)8(11)10(4)6-5-7-10/h5-7H2,1-4H3. The maximum Gasteiger partial charge on any atom is 0.144 e. The number of ketones is 1. The van der Waals surface area contributed by atoms with Crippen molar-refractivity contribution in [1.82, 2.24) is 0 Å². The van der Waals surface area contributed by atoms with Crippen molar-refractivity contribution in [3.05, 3.63) is 0 Å². The SMILES string of the molecule is CC(C)(C)C(=O)C1(C)CCC1. The summed E-state index contributed by atoms with van der Waals surface area (Å²) in [5.74, 6) is 0.441. The van der Waals surface area contributed by atoms with E-state index in [-0.39, 0.29) is 10.8 Å². The number of hydrogen-bond donors (Lipinski definition) is 0. The Morgan fingerprint density at radius 3 is 1.82 bits per heavy atom. The third kappa shape index (κ3) is 1.47. The van der Waals surface area contributed by atoms with Crippen molar-refractivity contribution in [3.8, 4) is 0 Å². The highest BCUT2D eigenvalue weighted by atomic mass is 16.1. The highest BCUT2D eigenvalue weighted by molar-refractivity contribution is 5.89.